The Kier molecular flexibility index (Phi) is 56.7. The fourth-order valence-corrected chi connectivity index (χ4v) is 9.31. The van der Waals surface area contributed by atoms with Gasteiger partial charge in [-0.05, 0) is 44.9 Å². The van der Waals surface area contributed by atoms with Gasteiger partial charge in [0.05, 0.1) is 0 Å². The van der Waals surface area contributed by atoms with Crippen LogP contribution in [0.15, 0.2) is 24.3 Å². The number of ether oxygens (including phenoxy) is 3. The van der Waals surface area contributed by atoms with Crippen LogP contribution in [-0.4, -0.2) is 37.2 Å². The molecule has 6 nitrogen and oxygen atoms in total. The summed E-state index contributed by atoms with van der Waals surface area (Å²) in [4.78, 5) is 37.9. The summed E-state index contributed by atoms with van der Waals surface area (Å²) < 4.78 is 16.8. The summed E-state index contributed by atoms with van der Waals surface area (Å²) in [5.41, 5.74) is 0. The van der Waals surface area contributed by atoms with Crippen LogP contribution in [0.1, 0.15) is 342 Å². The lowest BCUT2D eigenvalue weighted by molar-refractivity contribution is -0.167. The van der Waals surface area contributed by atoms with Crippen molar-refractivity contribution in [2.24, 2.45) is 0 Å². The van der Waals surface area contributed by atoms with Crippen molar-refractivity contribution in [1.82, 2.24) is 0 Å². The van der Waals surface area contributed by atoms with Gasteiger partial charge in [-0.2, -0.15) is 0 Å². The molecule has 0 spiro atoms. The summed E-state index contributed by atoms with van der Waals surface area (Å²) in [6.07, 6.45) is 69.4. The van der Waals surface area contributed by atoms with Crippen LogP contribution in [0.5, 0.6) is 0 Å². The fraction of sp³-hybridized carbons (Fsp3) is 0.889. The quantitative estimate of drug-likeness (QED) is 0.0261. The molecule has 0 N–H and O–H groups in total. The number of allylic oxidation sites excluding steroid dienone is 4. The van der Waals surface area contributed by atoms with E-state index in [2.05, 4.69) is 45.1 Å². The summed E-state index contributed by atoms with van der Waals surface area (Å²) >= 11 is 0. The summed E-state index contributed by atoms with van der Waals surface area (Å²) in [5, 5.41) is 0. The molecule has 0 heterocycles. The Balaban J connectivity index is 3.98. The van der Waals surface area contributed by atoms with Crippen LogP contribution in [0.4, 0.5) is 0 Å². The SMILES string of the molecule is CCC/C=C\C/C=C\CCCCCCCC(=O)OC(COC(=O)CCCCCCCCCC)COC(=O)CCCCCCCCCCCCCCCCCCCCCCCCCCCCCCCC. The van der Waals surface area contributed by atoms with E-state index in [1.54, 1.807) is 0 Å². The fourth-order valence-electron chi connectivity index (χ4n) is 9.31. The molecule has 0 aliphatic rings. The van der Waals surface area contributed by atoms with Crippen molar-refractivity contribution < 1.29 is 28.6 Å². The number of carbonyl (C=O) groups is 3. The van der Waals surface area contributed by atoms with Crippen molar-refractivity contribution in [2.75, 3.05) is 13.2 Å². The molecule has 0 saturated carbocycles. The highest BCUT2D eigenvalue weighted by atomic mass is 16.6. The van der Waals surface area contributed by atoms with E-state index in [-0.39, 0.29) is 31.1 Å². The molecular formula is C63H118O6. The van der Waals surface area contributed by atoms with E-state index in [1.807, 2.05) is 0 Å². The largest absolute Gasteiger partial charge is 0.462 e. The minimum Gasteiger partial charge on any atom is -0.462 e. The summed E-state index contributed by atoms with van der Waals surface area (Å²) in [5.74, 6) is -0.873. The van der Waals surface area contributed by atoms with Gasteiger partial charge in [-0.25, -0.2) is 0 Å². The van der Waals surface area contributed by atoms with Crippen molar-refractivity contribution in [3.8, 4) is 0 Å². The first-order valence-corrected chi connectivity index (χ1v) is 30.8. The Morgan fingerprint density at radius 1 is 0.290 bits per heavy atom. The molecule has 0 amide bonds. The number of carbonyl (C=O) groups excluding carboxylic acids is 3. The number of esters is 3. The third-order valence-electron chi connectivity index (χ3n) is 13.9. The molecule has 0 fully saturated rings. The van der Waals surface area contributed by atoms with E-state index in [9.17, 15) is 14.4 Å². The van der Waals surface area contributed by atoms with Crippen molar-refractivity contribution in [3.63, 3.8) is 0 Å². The average molecular weight is 972 g/mol. The zero-order valence-corrected chi connectivity index (χ0v) is 46.6. The van der Waals surface area contributed by atoms with Crippen LogP contribution < -0.4 is 0 Å². The highest BCUT2D eigenvalue weighted by Crippen LogP contribution is 2.18. The Morgan fingerprint density at radius 2 is 0.551 bits per heavy atom. The van der Waals surface area contributed by atoms with E-state index in [1.165, 1.54) is 212 Å². The van der Waals surface area contributed by atoms with Crippen LogP contribution in [0, 0.1) is 0 Å². The first kappa shape index (κ1) is 66.9. The second kappa shape index (κ2) is 58.5. The first-order chi connectivity index (χ1) is 34.0. The average Bonchev–Trinajstić information content (AvgIpc) is 3.35. The van der Waals surface area contributed by atoms with Crippen LogP contribution >= 0.6 is 0 Å². The van der Waals surface area contributed by atoms with Crippen LogP contribution in [0.2, 0.25) is 0 Å². The Hall–Kier alpha value is -2.11. The first-order valence-electron chi connectivity index (χ1n) is 30.8. The summed E-state index contributed by atoms with van der Waals surface area (Å²) in [7, 11) is 0. The van der Waals surface area contributed by atoms with Gasteiger partial charge in [0.1, 0.15) is 13.2 Å². The molecule has 406 valence electrons. The maximum absolute atomic E-state index is 12.8. The van der Waals surface area contributed by atoms with Crippen LogP contribution in [-0.2, 0) is 28.6 Å². The van der Waals surface area contributed by atoms with Crippen LogP contribution in [0.3, 0.4) is 0 Å². The second-order valence-electron chi connectivity index (χ2n) is 21.0. The summed E-state index contributed by atoms with van der Waals surface area (Å²) in [6.45, 7) is 6.58. The van der Waals surface area contributed by atoms with Gasteiger partial charge < -0.3 is 14.2 Å². The van der Waals surface area contributed by atoms with E-state index in [0.29, 0.717) is 19.3 Å². The third kappa shape index (κ3) is 56.7. The maximum Gasteiger partial charge on any atom is 0.306 e. The predicted octanol–water partition coefficient (Wildman–Crippen LogP) is 20.7. The van der Waals surface area contributed by atoms with Gasteiger partial charge in [0.25, 0.3) is 0 Å². The molecule has 0 rings (SSSR count). The molecule has 0 radical (unpaired) electrons. The molecule has 0 aromatic heterocycles. The Bertz CT molecular complexity index is 1110. The molecule has 6 heteroatoms. The molecule has 0 bridgehead atoms. The minimum atomic E-state index is -0.772. The summed E-state index contributed by atoms with van der Waals surface area (Å²) in [6, 6.07) is 0. The van der Waals surface area contributed by atoms with E-state index in [4.69, 9.17) is 14.2 Å². The lowest BCUT2D eigenvalue weighted by Gasteiger charge is -2.18. The smallest absolute Gasteiger partial charge is 0.306 e. The Labute approximate surface area is 430 Å². The number of unbranched alkanes of at least 4 members (excludes halogenated alkanes) is 42. The molecule has 0 aliphatic heterocycles. The lowest BCUT2D eigenvalue weighted by Crippen LogP contribution is -2.30. The van der Waals surface area contributed by atoms with Gasteiger partial charge in [-0.15, -0.1) is 0 Å². The molecular weight excluding hydrogens is 853 g/mol. The minimum absolute atomic E-state index is 0.0723. The topological polar surface area (TPSA) is 78.9 Å². The maximum atomic E-state index is 12.8. The molecule has 69 heavy (non-hydrogen) atoms. The number of hydrogen-bond donors (Lipinski definition) is 0. The molecule has 0 aromatic rings. The van der Waals surface area contributed by atoms with Crippen LogP contribution in [0.25, 0.3) is 0 Å². The zero-order chi connectivity index (χ0) is 50.0. The molecule has 0 saturated heterocycles. The molecule has 0 aromatic carbocycles. The third-order valence-corrected chi connectivity index (χ3v) is 13.9. The standard InChI is InChI=1S/C63H118O6/c1-4-7-10-13-16-19-21-23-24-25-26-27-28-29-30-31-32-33-34-35-36-37-38-39-41-42-44-47-50-53-56-62(65)68-59-60(58-67-61(64)55-52-49-46-18-15-12-9-6-3)69-63(66)57-54-51-48-45-43-40-22-20-17-14-11-8-5-2/h11,14,20,22,60H,4-10,12-13,15-19,21,23-59H2,1-3H3/b14-11-,22-20-. The second-order valence-corrected chi connectivity index (χ2v) is 21.0. The zero-order valence-electron chi connectivity index (χ0n) is 46.6. The highest BCUT2D eigenvalue weighted by molar-refractivity contribution is 5.71. The number of hydrogen-bond acceptors (Lipinski definition) is 6. The highest BCUT2D eigenvalue weighted by Gasteiger charge is 2.19. The van der Waals surface area contributed by atoms with Gasteiger partial charge in [-0.3, -0.25) is 14.4 Å². The lowest BCUT2D eigenvalue weighted by atomic mass is 10.0. The predicted molar refractivity (Wildman–Crippen MR) is 298 cm³/mol. The van der Waals surface area contributed by atoms with Gasteiger partial charge in [0, 0.05) is 19.3 Å². The van der Waals surface area contributed by atoms with E-state index >= 15 is 0 Å². The van der Waals surface area contributed by atoms with Gasteiger partial charge in [0.2, 0.25) is 0 Å². The number of rotatable bonds is 57. The Morgan fingerprint density at radius 3 is 0.855 bits per heavy atom. The monoisotopic (exact) mass is 971 g/mol. The normalized spacial score (nSPS) is 12.1. The molecule has 0 aliphatic carbocycles. The van der Waals surface area contributed by atoms with Gasteiger partial charge in [-0.1, -0.05) is 302 Å². The van der Waals surface area contributed by atoms with Crippen molar-refractivity contribution in [2.45, 2.75) is 348 Å². The molecule has 1 atom stereocenters. The van der Waals surface area contributed by atoms with E-state index in [0.717, 1.165) is 89.9 Å². The van der Waals surface area contributed by atoms with Crippen molar-refractivity contribution in [3.05, 3.63) is 24.3 Å². The van der Waals surface area contributed by atoms with Crippen molar-refractivity contribution in [1.29, 1.82) is 0 Å². The van der Waals surface area contributed by atoms with Gasteiger partial charge in [0.15, 0.2) is 6.10 Å². The van der Waals surface area contributed by atoms with Gasteiger partial charge >= 0.3 is 17.9 Å². The molecule has 1 unspecified atom stereocenters. The van der Waals surface area contributed by atoms with E-state index < -0.39 is 6.10 Å². The van der Waals surface area contributed by atoms with Crippen molar-refractivity contribution >= 4 is 17.9 Å².